The van der Waals surface area contributed by atoms with E-state index in [-0.39, 0.29) is 17.7 Å². The van der Waals surface area contributed by atoms with Gasteiger partial charge in [-0.3, -0.25) is 14.4 Å². The number of likely N-dealkylation sites (tertiary alicyclic amines) is 1. The molecule has 0 spiro atoms. The normalized spacial score (nSPS) is 18.4. The van der Waals surface area contributed by atoms with E-state index < -0.39 is 42.0 Å². The summed E-state index contributed by atoms with van der Waals surface area (Å²) in [5.41, 5.74) is 7.01. The SMILES string of the molecule is CC(C)CC(NC(=O)C1CCCN1C(=O)C(NC(=O)C(N)Cc1ccccc1)C(C)C)C(=O)O. The summed E-state index contributed by atoms with van der Waals surface area (Å²) in [6.07, 6.45) is 1.70. The van der Waals surface area contributed by atoms with E-state index in [1.165, 1.54) is 4.90 Å². The molecule has 1 fully saturated rings. The van der Waals surface area contributed by atoms with Gasteiger partial charge in [-0.25, -0.2) is 4.79 Å². The standard InChI is InChI=1S/C25H38N4O5/c1-15(2)13-19(25(33)34)27-23(31)20-11-8-12-29(20)24(32)21(16(3)4)28-22(30)18(26)14-17-9-6-5-7-10-17/h5-7,9-10,15-16,18-21H,8,11-14,26H2,1-4H3,(H,27,31)(H,28,30)(H,33,34). The van der Waals surface area contributed by atoms with Crippen molar-refractivity contribution in [1.82, 2.24) is 15.5 Å². The van der Waals surface area contributed by atoms with Gasteiger partial charge in [0.05, 0.1) is 6.04 Å². The smallest absolute Gasteiger partial charge is 0.326 e. The number of carboxylic acids is 1. The molecule has 2 rings (SSSR count). The molecule has 0 aliphatic carbocycles. The van der Waals surface area contributed by atoms with Crippen LogP contribution in [0.3, 0.4) is 0 Å². The molecule has 9 heteroatoms. The maximum Gasteiger partial charge on any atom is 0.326 e. The Morgan fingerprint density at radius 1 is 1.09 bits per heavy atom. The molecule has 0 bridgehead atoms. The first-order chi connectivity index (χ1) is 16.0. The van der Waals surface area contributed by atoms with E-state index in [1.54, 1.807) is 0 Å². The topological polar surface area (TPSA) is 142 Å². The maximum atomic E-state index is 13.4. The number of carbonyl (C=O) groups is 4. The van der Waals surface area contributed by atoms with Crippen LogP contribution in [0.25, 0.3) is 0 Å². The third-order valence-corrected chi connectivity index (χ3v) is 6.03. The average Bonchev–Trinajstić information content (AvgIpc) is 3.26. The number of nitrogens with zero attached hydrogens (tertiary/aromatic N) is 1. The zero-order valence-electron chi connectivity index (χ0n) is 20.5. The number of nitrogens with one attached hydrogen (secondary N) is 2. The van der Waals surface area contributed by atoms with Crippen LogP contribution in [0.15, 0.2) is 30.3 Å². The fourth-order valence-electron chi connectivity index (χ4n) is 4.18. The molecule has 34 heavy (non-hydrogen) atoms. The van der Waals surface area contributed by atoms with Crippen molar-refractivity contribution in [3.63, 3.8) is 0 Å². The van der Waals surface area contributed by atoms with Crippen molar-refractivity contribution >= 4 is 23.7 Å². The molecule has 0 radical (unpaired) electrons. The fourth-order valence-corrected chi connectivity index (χ4v) is 4.18. The Bertz CT molecular complexity index is 858. The average molecular weight is 475 g/mol. The highest BCUT2D eigenvalue weighted by atomic mass is 16.4. The number of carboxylic acid groups (broad SMARTS) is 1. The van der Waals surface area contributed by atoms with Gasteiger partial charge in [-0.05, 0) is 43.1 Å². The molecule has 4 atom stereocenters. The molecule has 1 aliphatic heterocycles. The molecule has 9 nitrogen and oxygen atoms in total. The van der Waals surface area contributed by atoms with Gasteiger partial charge in [-0.1, -0.05) is 58.0 Å². The van der Waals surface area contributed by atoms with Gasteiger partial charge in [0.1, 0.15) is 18.1 Å². The lowest BCUT2D eigenvalue weighted by Crippen LogP contribution is -2.58. The Morgan fingerprint density at radius 2 is 1.74 bits per heavy atom. The highest BCUT2D eigenvalue weighted by Gasteiger charge is 2.40. The number of amides is 3. The lowest BCUT2D eigenvalue weighted by atomic mass is 10.00. The molecule has 1 saturated heterocycles. The largest absolute Gasteiger partial charge is 0.480 e. The minimum Gasteiger partial charge on any atom is -0.480 e. The number of hydrogen-bond donors (Lipinski definition) is 4. The summed E-state index contributed by atoms with van der Waals surface area (Å²) in [6.45, 7) is 7.77. The fraction of sp³-hybridized carbons (Fsp3) is 0.600. The van der Waals surface area contributed by atoms with E-state index in [0.29, 0.717) is 32.2 Å². The van der Waals surface area contributed by atoms with Gasteiger partial charge in [0.25, 0.3) is 0 Å². The lowest BCUT2D eigenvalue weighted by Gasteiger charge is -2.31. The molecule has 0 saturated carbocycles. The Kier molecular flexibility index (Phi) is 10.0. The molecule has 1 aromatic rings. The minimum absolute atomic E-state index is 0.0864. The predicted molar refractivity (Wildman–Crippen MR) is 129 cm³/mol. The van der Waals surface area contributed by atoms with E-state index in [0.717, 1.165) is 5.56 Å². The number of benzene rings is 1. The molecule has 0 aromatic heterocycles. The second kappa shape index (κ2) is 12.5. The molecule has 5 N–H and O–H groups in total. The minimum atomic E-state index is -1.10. The molecule has 1 aromatic carbocycles. The van der Waals surface area contributed by atoms with Gasteiger partial charge < -0.3 is 26.4 Å². The number of aliphatic carboxylic acids is 1. The second-order valence-electron chi connectivity index (χ2n) is 9.75. The maximum absolute atomic E-state index is 13.4. The molecule has 1 heterocycles. The van der Waals surface area contributed by atoms with Crippen LogP contribution >= 0.6 is 0 Å². The quantitative estimate of drug-likeness (QED) is 0.381. The highest BCUT2D eigenvalue weighted by Crippen LogP contribution is 2.21. The van der Waals surface area contributed by atoms with Gasteiger partial charge in [0, 0.05) is 6.54 Å². The first kappa shape index (κ1) is 27.3. The number of rotatable bonds is 11. The summed E-state index contributed by atoms with van der Waals surface area (Å²) in [5, 5.41) is 14.8. The van der Waals surface area contributed by atoms with Crippen molar-refractivity contribution in [2.45, 2.75) is 77.5 Å². The third kappa shape index (κ3) is 7.55. The van der Waals surface area contributed by atoms with Gasteiger partial charge in [0.15, 0.2) is 0 Å². The molecule has 188 valence electrons. The van der Waals surface area contributed by atoms with E-state index in [2.05, 4.69) is 10.6 Å². The second-order valence-corrected chi connectivity index (χ2v) is 9.75. The molecular formula is C25H38N4O5. The molecule has 4 unspecified atom stereocenters. The van der Waals surface area contributed by atoms with Crippen LogP contribution in [-0.4, -0.2) is 64.4 Å². The van der Waals surface area contributed by atoms with Crippen LogP contribution in [0.4, 0.5) is 0 Å². The third-order valence-electron chi connectivity index (χ3n) is 6.03. The lowest BCUT2D eigenvalue weighted by molar-refractivity contribution is -0.145. The Labute approximate surface area is 201 Å². The van der Waals surface area contributed by atoms with Crippen LogP contribution in [0.5, 0.6) is 0 Å². The predicted octanol–water partition coefficient (Wildman–Crippen LogP) is 1.30. The number of nitrogens with two attached hydrogens (primary N) is 1. The first-order valence-corrected chi connectivity index (χ1v) is 11.9. The summed E-state index contributed by atoms with van der Waals surface area (Å²) in [4.78, 5) is 52.1. The van der Waals surface area contributed by atoms with Gasteiger partial charge >= 0.3 is 5.97 Å². The molecule has 3 amide bonds. The summed E-state index contributed by atoms with van der Waals surface area (Å²) in [5.74, 6) is -2.51. The van der Waals surface area contributed by atoms with Crippen LogP contribution in [0.1, 0.15) is 52.5 Å². The number of carbonyl (C=O) groups excluding carboxylic acids is 3. The first-order valence-electron chi connectivity index (χ1n) is 11.9. The Balaban J connectivity index is 2.07. The Morgan fingerprint density at radius 3 is 2.29 bits per heavy atom. The summed E-state index contributed by atoms with van der Waals surface area (Å²) in [6, 6.07) is 5.95. The Hall–Kier alpha value is -2.94. The van der Waals surface area contributed by atoms with E-state index >= 15 is 0 Å². The van der Waals surface area contributed by atoms with Crippen molar-refractivity contribution in [1.29, 1.82) is 0 Å². The molecule has 1 aliphatic rings. The van der Waals surface area contributed by atoms with Crippen LogP contribution in [0.2, 0.25) is 0 Å². The van der Waals surface area contributed by atoms with Gasteiger partial charge in [-0.15, -0.1) is 0 Å². The van der Waals surface area contributed by atoms with Crippen molar-refractivity contribution < 1.29 is 24.3 Å². The highest BCUT2D eigenvalue weighted by molar-refractivity contribution is 5.94. The van der Waals surface area contributed by atoms with Crippen molar-refractivity contribution in [2.75, 3.05) is 6.54 Å². The van der Waals surface area contributed by atoms with Crippen molar-refractivity contribution in [2.24, 2.45) is 17.6 Å². The van der Waals surface area contributed by atoms with Crippen molar-refractivity contribution in [3.8, 4) is 0 Å². The van der Waals surface area contributed by atoms with Crippen LogP contribution < -0.4 is 16.4 Å². The van der Waals surface area contributed by atoms with Gasteiger partial charge in [0.2, 0.25) is 17.7 Å². The van der Waals surface area contributed by atoms with E-state index in [9.17, 15) is 24.3 Å². The zero-order chi connectivity index (χ0) is 25.4. The van der Waals surface area contributed by atoms with E-state index in [4.69, 9.17) is 5.73 Å². The molecular weight excluding hydrogens is 436 g/mol. The van der Waals surface area contributed by atoms with Gasteiger partial charge in [-0.2, -0.15) is 0 Å². The van der Waals surface area contributed by atoms with Crippen LogP contribution in [-0.2, 0) is 25.6 Å². The van der Waals surface area contributed by atoms with Crippen LogP contribution in [0, 0.1) is 11.8 Å². The summed E-state index contributed by atoms with van der Waals surface area (Å²) in [7, 11) is 0. The zero-order valence-corrected chi connectivity index (χ0v) is 20.5. The van der Waals surface area contributed by atoms with E-state index in [1.807, 2.05) is 58.0 Å². The number of hydrogen-bond acceptors (Lipinski definition) is 5. The summed E-state index contributed by atoms with van der Waals surface area (Å²) >= 11 is 0. The summed E-state index contributed by atoms with van der Waals surface area (Å²) < 4.78 is 0. The monoisotopic (exact) mass is 474 g/mol. The van der Waals surface area contributed by atoms with Crippen molar-refractivity contribution in [3.05, 3.63) is 35.9 Å².